The van der Waals surface area contributed by atoms with Crippen LogP contribution >= 0.6 is 11.6 Å². The molecule has 1 aliphatic rings. The number of methoxy groups -OCH3 is 1. The van der Waals surface area contributed by atoms with Gasteiger partial charge in [-0.25, -0.2) is 18.2 Å². The molecule has 1 aromatic heterocycles. The molecule has 1 aliphatic heterocycles. The zero-order valence-electron chi connectivity index (χ0n) is 18.9. The number of ether oxygens (including phenoxy) is 1. The number of nitrogens with two attached hydrogens (primary N) is 1. The van der Waals surface area contributed by atoms with E-state index in [1.165, 1.54) is 25.3 Å². The summed E-state index contributed by atoms with van der Waals surface area (Å²) in [6, 6.07) is 5.52. The fourth-order valence-electron chi connectivity index (χ4n) is 3.92. The first-order valence-electron chi connectivity index (χ1n) is 10.7. The van der Waals surface area contributed by atoms with Gasteiger partial charge >= 0.3 is 6.18 Å². The molecule has 0 amide bonds. The summed E-state index contributed by atoms with van der Waals surface area (Å²) in [5.41, 5.74) is 3.90. The summed E-state index contributed by atoms with van der Waals surface area (Å²) in [6.45, 7) is 1.30. The summed E-state index contributed by atoms with van der Waals surface area (Å²) in [7, 11) is -2.83. The van der Waals surface area contributed by atoms with Crippen molar-refractivity contribution >= 4 is 39.2 Å². The second kappa shape index (κ2) is 10.1. The fourth-order valence-corrected chi connectivity index (χ4v) is 5.75. The van der Waals surface area contributed by atoms with Crippen molar-refractivity contribution < 1.29 is 26.3 Å². The first-order chi connectivity index (χ1) is 17.0. The summed E-state index contributed by atoms with van der Waals surface area (Å²) >= 11 is 6.33. The SMILES string of the molecule is COc1ccc(-c2c(Cl)cc(Nc3n[nH]c(N)n3)cc2C(F)(F)F)cc1S(=O)(=O)NC1CCNCC1. The second-order valence-corrected chi connectivity index (χ2v) is 10.1. The maximum absolute atomic E-state index is 14.1. The van der Waals surface area contributed by atoms with Crippen LogP contribution in [0.1, 0.15) is 18.4 Å². The van der Waals surface area contributed by atoms with Crippen molar-refractivity contribution in [3.05, 3.63) is 40.9 Å². The maximum Gasteiger partial charge on any atom is 0.417 e. The lowest BCUT2D eigenvalue weighted by Crippen LogP contribution is -2.42. The Bertz CT molecular complexity index is 1360. The minimum atomic E-state index is -4.82. The molecule has 36 heavy (non-hydrogen) atoms. The minimum absolute atomic E-state index is 0.00894. The Morgan fingerprint density at radius 2 is 1.92 bits per heavy atom. The van der Waals surface area contributed by atoms with Gasteiger partial charge in [0.15, 0.2) is 0 Å². The van der Waals surface area contributed by atoms with Crippen molar-refractivity contribution in [2.24, 2.45) is 0 Å². The van der Waals surface area contributed by atoms with Gasteiger partial charge in [0, 0.05) is 17.3 Å². The third-order valence-electron chi connectivity index (χ3n) is 5.56. The van der Waals surface area contributed by atoms with Gasteiger partial charge in [-0.15, -0.1) is 5.10 Å². The second-order valence-electron chi connectivity index (χ2n) is 8.06. The van der Waals surface area contributed by atoms with E-state index in [2.05, 4.69) is 30.5 Å². The number of alkyl halides is 3. The number of nitrogens with zero attached hydrogens (tertiary/aromatic N) is 2. The Labute approximate surface area is 209 Å². The third-order valence-corrected chi connectivity index (χ3v) is 7.40. The highest BCUT2D eigenvalue weighted by Crippen LogP contribution is 2.44. The van der Waals surface area contributed by atoms with Crippen molar-refractivity contribution in [2.75, 3.05) is 31.2 Å². The average molecular weight is 546 g/mol. The predicted octanol–water partition coefficient (Wildman–Crippen LogP) is 3.51. The van der Waals surface area contributed by atoms with Crippen LogP contribution in [0.2, 0.25) is 5.02 Å². The molecule has 15 heteroatoms. The summed E-state index contributed by atoms with van der Waals surface area (Å²) in [6.07, 6.45) is -3.66. The highest BCUT2D eigenvalue weighted by molar-refractivity contribution is 7.89. The minimum Gasteiger partial charge on any atom is -0.495 e. The molecule has 1 fully saturated rings. The number of rotatable bonds is 7. The van der Waals surface area contributed by atoms with E-state index >= 15 is 0 Å². The highest BCUT2D eigenvalue weighted by atomic mass is 35.5. The van der Waals surface area contributed by atoms with E-state index in [4.69, 9.17) is 22.1 Å². The Morgan fingerprint density at radius 3 is 2.53 bits per heavy atom. The van der Waals surface area contributed by atoms with Crippen molar-refractivity contribution in [3.8, 4) is 16.9 Å². The molecule has 0 saturated carbocycles. The van der Waals surface area contributed by atoms with Crippen molar-refractivity contribution in [3.63, 3.8) is 0 Å². The maximum atomic E-state index is 14.1. The van der Waals surface area contributed by atoms with Crippen molar-refractivity contribution in [2.45, 2.75) is 30.0 Å². The van der Waals surface area contributed by atoms with E-state index in [9.17, 15) is 21.6 Å². The van der Waals surface area contributed by atoms with Gasteiger partial charge in [-0.1, -0.05) is 17.7 Å². The summed E-state index contributed by atoms with van der Waals surface area (Å²) in [5, 5.41) is 11.6. The monoisotopic (exact) mass is 545 g/mol. The summed E-state index contributed by atoms with van der Waals surface area (Å²) in [4.78, 5) is 3.51. The van der Waals surface area contributed by atoms with Gasteiger partial charge in [0.2, 0.25) is 21.9 Å². The number of halogens is 4. The van der Waals surface area contributed by atoms with Crippen LogP contribution in [-0.2, 0) is 16.2 Å². The van der Waals surface area contributed by atoms with Crippen LogP contribution in [0.5, 0.6) is 5.75 Å². The number of benzene rings is 2. The molecule has 0 radical (unpaired) electrons. The van der Waals surface area contributed by atoms with E-state index in [-0.39, 0.29) is 50.4 Å². The lowest BCUT2D eigenvalue weighted by atomic mass is 9.98. The zero-order chi connectivity index (χ0) is 26.1. The van der Waals surface area contributed by atoms with E-state index in [0.29, 0.717) is 25.9 Å². The first-order valence-corrected chi connectivity index (χ1v) is 12.6. The molecule has 0 aliphatic carbocycles. The number of nitrogen functional groups attached to an aromatic ring is 1. The lowest BCUT2D eigenvalue weighted by Gasteiger charge is -2.24. The van der Waals surface area contributed by atoms with E-state index in [1.807, 2.05) is 0 Å². The molecule has 194 valence electrons. The van der Waals surface area contributed by atoms with Gasteiger partial charge in [-0.2, -0.15) is 18.2 Å². The molecule has 0 atom stereocenters. The number of H-pyrrole nitrogens is 1. The normalized spacial score (nSPS) is 15.1. The van der Waals surface area contributed by atoms with E-state index in [1.54, 1.807) is 0 Å². The van der Waals surface area contributed by atoms with E-state index in [0.717, 1.165) is 12.1 Å². The molecule has 0 unspecified atom stereocenters. The number of hydrogen-bond acceptors (Lipinski definition) is 8. The largest absolute Gasteiger partial charge is 0.495 e. The topological polar surface area (TPSA) is 147 Å². The molecule has 10 nitrogen and oxygen atoms in total. The Balaban J connectivity index is 1.78. The smallest absolute Gasteiger partial charge is 0.417 e. The fraction of sp³-hybridized carbons (Fsp3) is 0.333. The highest BCUT2D eigenvalue weighted by Gasteiger charge is 2.36. The van der Waals surface area contributed by atoms with E-state index < -0.39 is 21.8 Å². The standard InChI is InChI=1S/C21H23ClF3N7O3S/c1-35-16-3-2-11(8-17(16)36(33,34)32-12-4-6-27-7-5-12)18-14(21(23,24)25)9-13(10-15(18)22)28-20-29-19(26)30-31-20/h2-3,8-10,12,27,32H,4-7H2,1H3,(H4,26,28,29,30,31). The van der Waals surface area contributed by atoms with Gasteiger partial charge in [-0.3, -0.25) is 0 Å². The molecule has 0 spiro atoms. The molecular formula is C21H23ClF3N7O3S. The number of hydrogen-bond donors (Lipinski definition) is 5. The average Bonchev–Trinajstić information content (AvgIpc) is 3.22. The van der Waals surface area contributed by atoms with Crippen LogP contribution in [0, 0.1) is 0 Å². The molecule has 0 bridgehead atoms. The van der Waals surface area contributed by atoms with Crippen LogP contribution in [0.4, 0.5) is 30.8 Å². The van der Waals surface area contributed by atoms with Crippen LogP contribution < -0.4 is 25.8 Å². The number of sulfonamides is 1. The number of aromatic nitrogens is 3. The molecule has 2 aromatic carbocycles. The number of piperidine rings is 1. The number of aromatic amines is 1. The Morgan fingerprint density at radius 1 is 1.19 bits per heavy atom. The van der Waals surface area contributed by atoms with Gasteiger partial charge in [0.05, 0.1) is 17.7 Å². The zero-order valence-corrected chi connectivity index (χ0v) is 20.5. The molecular weight excluding hydrogens is 523 g/mol. The molecule has 1 saturated heterocycles. The van der Waals surface area contributed by atoms with Gasteiger partial charge in [0.25, 0.3) is 0 Å². The predicted molar refractivity (Wildman–Crippen MR) is 129 cm³/mol. The lowest BCUT2D eigenvalue weighted by molar-refractivity contribution is -0.137. The van der Waals surface area contributed by atoms with Gasteiger partial charge in [-0.05, 0) is 55.8 Å². The molecule has 4 rings (SSSR count). The summed E-state index contributed by atoms with van der Waals surface area (Å²) < 4.78 is 76.6. The quantitative estimate of drug-likeness (QED) is 0.303. The van der Waals surface area contributed by atoms with Crippen LogP contribution in [0.3, 0.4) is 0 Å². The Kier molecular flexibility index (Phi) is 7.31. The number of anilines is 3. The number of nitrogens with one attached hydrogen (secondary N) is 4. The molecule has 6 N–H and O–H groups in total. The van der Waals surface area contributed by atoms with Crippen LogP contribution in [0.15, 0.2) is 35.2 Å². The first kappa shape index (κ1) is 26.0. The third kappa shape index (κ3) is 5.67. The van der Waals surface area contributed by atoms with Crippen molar-refractivity contribution in [1.82, 2.24) is 25.2 Å². The Hall–Kier alpha value is -3.07. The van der Waals surface area contributed by atoms with Gasteiger partial charge < -0.3 is 21.1 Å². The molecule has 3 aromatic rings. The molecule has 2 heterocycles. The summed E-state index contributed by atoms with van der Waals surface area (Å²) in [5.74, 6) is -0.0852. The van der Waals surface area contributed by atoms with Crippen LogP contribution in [0.25, 0.3) is 11.1 Å². The van der Waals surface area contributed by atoms with Gasteiger partial charge in [0.1, 0.15) is 10.6 Å². The van der Waals surface area contributed by atoms with Crippen LogP contribution in [-0.4, -0.2) is 49.8 Å². The van der Waals surface area contributed by atoms with Crippen molar-refractivity contribution in [1.29, 1.82) is 0 Å².